The highest BCUT2D eigenvalue weighted by Gasteiger charge is 2.55. The van der Waals surface area contributed by atoms with Crippen molar-refractivity contribution in [3.8, 4) is 0 Å². The first kappa shape index (κ1) is 16.2. The van der Waals surface area contributed by atoms with E-state index < -0.39 is 17.6 Å². The Balaban J connectivity index is 2.67. The van der Waals surface area contributed by atoms with Crippen molar-refractivity contribution >= 4 is 5.91 Å². The van der Waals surface area contributed by atoms with Gasteiger partial charge in [0.05, 0.1) is 6.10 Å². The lowest BCUT2D eigenvalue weighted by molar-refractivity contribution is -0.195. The molecule has 1 amide bonds. The first-order valence-electron chi connectivity index (χ1n) is 6.46. The normalized spacial score (nSPS) is 24.1. The monoisotopic (exact) mass is 282 g/mol. The molecule has 0 spiro atoms. The summed E-state index contributed by atoms with van der Waals surface area (Å²) in [7, 11) is 0. The number of alkyl halides is 3. The number of hydrogen-bond donors (Lipinski definition) is 1. The lowest BCUT2D eigenvalue weighted by Gasteiger charge is -2.37. The van der Waals surface area contributed by atoms with Crippen LogP contribution >= 0.6 is 0 Å². The van der Waals surface area contributed by atoms with Crippen LogP contribution in [0.3, 0.4) is 0 Å². The Morgan fingerprint density at radius 1 is 1.47 bits per heavy atom. The summed E-state index contributed by atoms with van der Waals surface area (Å²) in [6, 6.07) is 0. The van der Waals surface area contributed by atoms with Crippen molar-refractivity contribution in [3.63, 3.8) is 0 Å². The van der Waals surface area contributed by atoms with Gasteiger partial charge in [-0.2, -0.15) is 13.2 Å². The third kappa shape index (κ3) is 3.82. The molecule has 1 saturated heterocycles. The maximum Gasteiger partial charge on any atom is 0.415 e. The Bertz CT molecular complexity index is 319. The molecule has 2 N–H and O–H groups in total. The molecule has 1 rings (SSSR count). The minimum absolute atomic E-state index is 0.182. The van der Waals surface area contributed by atoms with Gasteiger partial charge >= 0.3 is 6.18 Å². The second kappa shape index (κ2) is 6.09. The molecule has 0 bridgehead atoms. The zero-order valence-electron chi connectivity index (χ0n) is 11.3. The van der Waals surface area contributed by atoms with Crippen molar-refractivity contribution in [2.75, 3.05) is 19.7 Å². The molecule has 2 atom stereocenters. The van der Waals surface area contributed by atoms with Crippen molar-refractivity contribution < 1.29 is 22.7 Å². The summed E-state index contributed by atoms with van der Waals surface area (Å²) < 4.78 is 43.7. The van der Waals surface area contributed by atoms with Crippen LogP contribution in [-0.2, 0) is 9.53 Å². The summed E-state index contributed by atoms with van der Waals surface area (Å²) in [6.07, 6.45) is -2.71. The van der Waals surface area contributed by atoms with E-state index >= 15 is 0 Å². The van der Waals surface area contributed by atoms with E-state index in [0.29, 0.717) is 26.5 Å². The van der Waals surface area contributed by atoms with Crippen LogP contribution in [0, 0.1) is 0 Å². The molecule has 1 aliphatic heterocycles. The van der Waals surface area contributed by atoms with E-state index in [2.05, 4.69) is 0 Å². The molecule has 112 valence electrons. The predicted octanol–water partition coefficient (Wildman–Crippen LogP) is 1.68. The van der Waals surface area contributed by atoms with Crippen LogP contribution in [0.5, 0.6) is 0 Å². The van der Waals surface area contributed by atoms with Gasteiger partial charge in [-0.05, 0) is 26.2 Å². The van der Waals surface area contributed by atoms with Crippen molar-refractivity contribution in [1.29, 1.82) is 0 Å². The number of carbonyl (C=O) groups is 1. The number of carbonyl (C=O) groups excluding carboxylic acids is 1. The molecule has 0 aromatic carbocycles. The number of hydrogen-bond acceptors (Lipinski definition) is 3. The van der Waals surface area contributed by atoms with Gasteiger partial charge in [0.1, 0.15) is 0 Å². The van der Waals surface area contributed by atoms with Crippen molar-refractivity contribution in [2.45, 2.75) is 50.9 Å². The summed E-state index contributed by atoms with van der Waals surface area (Å²) in [6.45, 7) is 3.69. The zero-order chi connectivity index (χ0) is 14.7. The second-order valence-electron chi connectivity index (χ2n) is 5.09. The molecule has 0 aromatic rings. The first-order valence-corrected chi connectivity index (χ1v) is 6.46. The van der Waals surface area contributed by atoms with Gasteiger partial charge in [0.25, 0.3) is 5.91 Å². The second-order valence-corrected chi connectivity index (χ2v) is 5.09. The lowest BCUT2D eigenvalue weighted by Crippen LogP contribution is -2.63. The van der Waals surface area contributed by atoms with Gasteiger partial charge in [0.15, 0.2) is 5.54 Å². The zero-order valence-corrected chi connectivity index (χ0v) is 11.3. The maximum absolute atomic E-state index is 12.7. The van der Waals surface area contributed by atoms with E-state index in [-0.39, 0.29) is 12.6 Å². The smallest absolute Gasteiger partial charge is 0.376 e. The average Bonchev–Trinajstić information content (AvgIpc) is 2.34. The Morgan fingerprint density at radius 3 is 2.63 bits per heavy atom. The predicted molar refractivity (Wildman–Crippen MR) is 64.5 cm³/mol. The van der Waals surface area contributed by atoms with Crippen LogP contribution in [0.25, 0.3) is 0 Å². The fourth-order valence-corrected chi connectivity index (χ4v) is 1.99. The molecule has 0 aliphatic carbocycles. The van der Waals surface area contributed by atoms with Crippen LogP contribution in [0.1, 0.15) is 33.1 Å². The number of nitrogens with zero attached hydrogens (tertiary/aromatic N) is 1. The van der Waals surface area contributed by atoms with E-state index in [4.69, 9.17) is 10.5 Å². The molecular formula is C12H21F3N2O2. The average molecular weight is 282 g/mol. The first-order chi connectivity index (χ1) is 8.70. The molecule has 0 radical (unpaired) electrons. The molecule has 1 heterocycles. The van der Waals surface area contributed by atoms with Gasteiger partial charge in [0.2, 0.25) is 0 Å². The standard InChI is InChI=1S/C12H21F3N2O2/c1-3-7-19-9-5-4-6-17(8-9)10(18)11(2,16)12(13,14)15/h9H,3-8,16H2,1-2H3. The van der Waals surface area contributed by atoms with Crippen molar-refractivity contribution in [2.24, 2.45) is 5.73 Å². The van der Waals surface area contributed by atoms with Gasteiger partial charge in [0, 0.05) is 19.7 Å². The highest BCUT2D eigenvalue weighted by Crippen LogP contribution is 2.30. The Kier molecular flexibility index (Phi) is 5.20. The molecule has 19 heavy (non-hydrogen) atoms. The number of piperidine rings is 1. The summed E-state index contributed by atoms with van der Waals surface area (Å²) in [4.78, 5) is 13.1. The van der Waals surface area contributed by atoms with Crippen molar-refractivity contribution in [3.05, 3.63) is 0 Å². The van der Waals surface area contributed by atoms with Crippen LogP contribution in [0.2, 0.25) is 0 Å². The van der Waals surface area contributed by atoms with Crippen LogP contribution in [0.4, 0.5) is 13.2 Å². The van der Waals surface area contributed by atoms with Crippen LogP contribution in [0.15, 0.2) is 0 Å². The van der Waals surface area contributed by atoms with E-state index in [1.807, 2.05) is 6.92 Å². The van der Waals surface area contributed by atoms with Gasteiger partial charge in [-0.25, -0.2) is 0 Å². The largest absolute Gasteiger partial charge is 0.415 e. The SMILES string of the molecule is CCCOC1CCCN(C(=O)C(C)(N)C(F)(F)F)C1. The molecule has 0 saturated carbocycles. The van der Waals surface area contributed by atoms with E-state index in [9.17, 15) is 18.0 Å². The fourth-order valence-electron chi connectivity index (χ4n) is 1.99. The van der Waals surface area contributed by atoms with E-state index in [1.54, 1.807) is 0 Å². The minimum atomic E-state index is -4.75. The van der Waals surface area contributed by atoms with E-state index in [0.717, 1.165) is 17.7 Å². The summed E-state index contributed by atoms with van der Waals surface area (Å²) in [5, 5.41) is 0. The Hall–Kier alpha value is -0.820. The minimum Gasteiger partial charge on any atom is -0.376 e. The maximum atomic E-state index is 12.7. The van der Waals surface area contributed by atoms with E-state index in [1.165, 1.54) is 0 Å². The molecule has 0 aromatic heterocycles. The van der Waals surface area contributed by atoms with Gasteiger partial charge in [-0.1, -0.05) is 6.92 Å². The van der Waals surface area contributed by atoms with Gasteiger partial charge in [-0.3, -0.25) is 4.79 Å². The number of halogens is 3. The highest BCUT2D eigenvalue weighted by molar-refractivity contribution is 5.86. The van der Waals surface area contributed by atoms with Gasteiger partial charge < -0.3 is 15.4 Å². The van der Waals surface area contributed by atoms with Gasteiger partial charge in [-0.15, -0.1) is 0 Å². The Labute approximate surface area is 111 Å². The fraction of sp³-hybridized carbons (Fsp3) is 0.917. The number of likely N-dealkylation sites (tertiary alicyclic amines) is 1. The quantitative estimate of drug-likeness (QED) is 0.853. The molecule has 4 nitrogen and oxygen atoms in total. The van der Waals surface area contributed by atoms with Crippen LogP contribution in [-0.4, -0.2) is 48.3 Å². The molecular weight excluding hydrogens is 261 g/mol. The number of amides is 1. The summed E-state index contributed by atoms with van der Waals surface area (Å²) in [5.74, 6) is -1.08. The summed E-state index contributed by atoms with van der Waals surface area (Å²) in [5.41, 5.74) is 2.32. The molecule has 1 aliphatic rings. The molecule has 7 heteroatoms. The topological polar surface area (TPSA) is 55.6 Å². The third-order valence-corrected chi connectivity index (χ3v) is 3.26. The number of rotatable bonds is 4. The molecule has 1 fully saturated rings. The summed E-state index contributed by atoms with van der Waals surface area (Å²) >= 11 is 0. The van der Waals surface area contributed by atoms with Crippen molar-refractivity contribution in [1.82, 2.24) is 4.90 Å². The number of nitrogens with two attached hydrogens (primary N) is 1. The Morgan fingerprint density at radius 2 is 2.11 bits per heavy atom. The third-order valence-electron chi connectivity index (χ3n) is 3.26. The highest BCUT2D eigenvalue weighted by atomic mass is 19.4. The number of ether oxygens (including phenoxy) is 1. The lowest BCUT2D eigenvalue weighted by atomic mass is 9.98. The van der Waals surface area contributed by atoms with Crippen LogP contribution < -0.4 is 5.73 Å². The molecule has 2 unspecified atom stereocenters.